The largest absolute Gasteiger partial charge is 0.497 e. The fourth-order valence-electron chi connectivity index (χ4n) is 4.13. The van der Waals surface area contributed by atoms with Crippen LogP contribution >= 0.6 is 0 Å². The normalized spacial score (nSPS) is 16.9. The molecule has 1 atom stereocenters. The molecule has 144 valence electrons. The molecule has 1 fully saturated rings. The number of carbonyl (C=O) groups excluding carboxylic acids is 1. The van der Waals surface area contributed by atoms with Gasteiger partial charge >= 0.3 is 0 Å². The van der Waals surface area contributed by atoms with E-state index < -0.39 is 0 Å². The number of benzene rings is 2. The van der Waals surface area contributed by atoms with Crippen molar-refractivity contribution in [2.75, 3.05) is 13.7 Å². The third-order valence-corrected chi connectivity index (χ3v) is 5.67. The van der Waals surface area contributed by atoms with E-state index >= 15 is 0 Å². The Balaban J connectivity index is 1.83. The third kappa shape index (κ3) is 3.47. The lowest BCUT2D eigenvalue weighted by Gasteiger charge is -2.35. The quantitative estimate of drug-likeness (QED) is 0.621. The molecular formula is C24H26N2O2. The molecule has 28 heavy (non-hydrogen) atoms. The van der Waals surface area contributed by atoms with Crippen LogP contribution in [-0.2, 0) is 0 Å². The fourth-order valence-corrected chi connectivity index (χ4v) is 4.13. The Morgan fingerprint density at radius 3 is 2.82 bits per heavy atom. The molecule has 1 aromatic heterocycles. The van der Waals surface area contributed by atoms with Crippen molar-refractivity contribution in [2.24, 2.45) is 0 Å². The van der Waals surface area contributed by atoms with Gasteiger partial charge in [0.2, 0.25) is 0 Å². The van der Waals surface area contributed by atoms with Crippen molar-refractivity contribution in [3.05, 3.63) is 60.2 Å². The maximum atomic E-state index is 13.6. The monoisotopic (exact) mass is 374 g/mol. The van der Waals surface area contributed by atoms with Gasteiger partial charge in [-0.3, -0.25) is 4.79 Å². The first-order chi connectivity index (χ1) is 13.7. The van der Waals surface area contributed by atoms with Crippen molar-refractivity contribution >= 4 is 16.8 Å². The number of ether oxygens (including phenoxy) is 1. The van der Waals surface area contributed by atoms with Gasteiger partial charge in [0.25, 0.3) is 5.91 Å². The second-order valence-electron chi connectivity index (χ2n) is 7.36. The van der Waals surface area contributed by atoms with E-state index in [-0.39, 0.29) is 5.91 Å². The maximum Gasteiger partial charge on any atom is 0.254 e. The highest BCUT2D eigenvalue weighted by Gasteiger charge is 2.27. The van der Waals surface area contributed by atoms with Crippen LogP contribution in [0.1, 0.15) is 43.0 Å². The van der Waals surface area contributed by atoms with Crippen LogP contribution in [0.5, 0.6) is 5.75 Å². The average Bonchev–Trinajstić information content (AvgIpc) is 2.77. The zero-order chi connectivity index (χ0) is 19.5. The lowest BCUT2D eigenvalue weighted by molar-refractivity contribution is 0.0610. The van der Waals surface area contributed by atoms with E-state index in [9.17, 15) is 4.79 Å². The molecule has 1 aliphatic heterocycles. The van der Waals surface area contributed by atoms with Crippen LogP contribution in [0.2, 0.25) is 0 Å². The van der Waals surface area contributed by atoms with Crippen molar-refractivity contribution in [1.82, 2.24) is 9.88 Å². The number of amides is 1. The molecule has 1 aliphatic rings. The van der Waals surface area contributed by atoms with Gasteiger partial charge in [0.05, 0.1) is 23.9 Å². The Kier molecular flexibility index (Phi) is 5.29. The number of rotatable bonds is 4. The summed E-state index contributed by atoms with van der Waals surface area (Å²) < 4.78 is 5.36. The third-order valence-electron chi connectivity index (χ3n) is 5.67. The maximum absolute atomic E-state index is 13.6. The fraction of sp³-hybridized carbons (Fsp3) is 0.333. The van der Waals surface area contributed by atoms with E-state index in [2.05, 4.69) is 11.8 Å². The van der Waals surface area contributed by atoms with Crippen LogP contribution in [-0.4, -0.2) is 35.5 Å². The van der Waals surface area contributed by atoms with Gasteiger partial charge in [-0.05, 0) is 49.9 Å². The van der Waals surface area contributed by atoms with Crippen molar-refractivity contribution in [3.63, 3.8) is 0 Å². The van der Waals surface area contributed by atoms with E-state index in [1.807, 2.05) is 54.6 Å². The smallest absolute Gasteiger partial charge is 0.254 e. The highest BCUT2D eigenvalue weighted by Crippen LogP contribution is 2.30. The van der Waals surface area contributed by atoms with Crippen LogP contribution in [0.3, 0.4) is 0 Å². The van der Waals surface area contributed by atoms with Gasteiger partial charge in [-0.25, -0.2) is 4.98 Å². The number of carbonyl (C=O) groups is 1. The number of para-hydroxylation sites is 1. The van der Waals surface area contributed by atoms with E-state index in [1.165, 1.54) is 6.42 Å². The Morgan fingerprint density at radius 1 is 1.14 bits per heavy atom. The van der Waals surface area contributed by atoms with Crippen molar-refractivity contribution in [3.8, 4) is 17.0 Å². The van der Waals surface area contributed by atoms with Gasteiger partial charge in [0, 0.05) is 23.5 Å². The van der Waals surface area contributed by atoms with Crippen LogP contribution < -0.4 is 4.74 Å². The minimum absolute atomic E-state index is 0.120. The molecule has 0 aliphatic carbocycles. The lowest BCUT2D eigenvalue weighted by atomic mass is 9.97. The molecule has 4 rings (SSSR count). The van der Waals surface area contributed by atoms with Crippen LogP contribution in [0, 0.1) is 0 Å². The summed E-state index contributed by atoms with van der Waals surface area (Å²) in [5.74, 6) is 0.900. The second-order valence-corrected chi connectivity index (χ2v) is 7.36. The number of methoxy groups -OCH3 is 1. The molecule has 0 saturated carbocycles. The summed E-state index contributed by atoms with van der Waals surface area (Å²) in [6.07, 6.45) is 4.37. The predicted molar refractivity (Wildman–Crippen MR) is 113 cm³/mol. The molecule has 4 heteroatoms. The molecule has 1 amide bonds. The molecule has 2 heterocycles. The molecule has 2 aromatic carbocycles. The van der Waals surface area contributed by atoms with Crippen molar-refractivity contribution in [1.29, 1.82) is 0 Å². The summed E-state index contributed by atoms with van der Waals surface area (Å²) in [4.78, 5) is 20.5. The van der Waals surface area contributed by atoms with E-state index in [0.717, 1.165) is 59.3 Å². The first-order valence-electron chi connectivity index (χ1n) is 10.1. The summed E-state index contributed by atoms with van der Waals surface area (Å²) in [6, 6.07) is 18.0. The van der Waals surface area contributed by atoms with E-state index in [1.54, 1.807) is 7.11 Å². The van der Waals surface area contributed by atoms with Crippen molar-refractivity contribution < 1.29 is 9.53 Å². The van der Waals surface area contributed by atoms with E-state index in [4.69, 9.17) is 9.72 Å². The molecule has 0 bridgehead atoms. The number of nitrogens with zero attached hydrogens (tertiary/aromatic N) is 2. The minimum atomic E-state index is 0.120. The Hall–Kier alpha value is -2.88. The van der Waals surface area contributed by atoms with E-state index in [0.29, 0.717) is 6.04 Å². The first kappa shape index (κ1) is 18.5. The van der Waals surface area contributed by atoms with Crippen molar-refractivity contribution in [2.45, 2.75) is 38.6 Å². The number of hydrogen-bond donors (Lipinski definition) is 0. The molecule has 1 saturated heterocycles. The molecule has 0 N–H and O–H groups in total. The van der Waals surface area contributed by atoms with Crippen LogP contribution in [0.4, 0.5) is 0 Å². The summed E-state index contributed by atoms with van der Waals surface area (Å²) >= 11 is 0. The van der Waals surface area contributed by atoms with Crippen LogP contribution in [0.15, 0.2) is 54.6 Å². The number of likely N-dealkylation sites (tertiary alicyclic amines) is 1. The number of aromatic nitrogens is 1. The van der Waals surface area contributed by atoms with Gasteiger partial charge in [0.15, 0.2) is 0 Å². The van der Waals surface area contributed by atoms with Gasteiger partial charge in [-0.1, -0.05) is 37.3 Å². The van der Waals surface area contributed by atoms with Crippen LogP contribution in [0.25, 0.3) is 22.2 Å². The number of hydrogen-bond acceptors (Lipinski definition) is 3. The van der Waals surface area contributed by atoms with Gasteiger partial charge < -0.3 is 9.64 Å². The minimum Gasteiger partial charge on any atom is -0.497 e. The number of fused-ring (bicyclic) bond motifs is 1. The number of piperidine rings is 1. The van der Waals surface area contributed by atoms with Gasteiger partial charge in [0.1, 0.15) is 5.75 Å². The average molecular weight is 374 g/mol. The summed E-state index contributed by atoms with van der Waals surface area (Å²) in [5, 5.41) is 0.916. The summed E-state index contributed by atoms with van der Waals surface area (Å²) in [6.45, 7) is 3.01. The summed E-state index contributed by atoms with van der Waals surface area (Å²) in [5.41, 5.74) is 3.33. The standard InChI is InChI=1S/C24H26N2O2/c1-3-18-10-6-7-14-26(18)24(27)21-16-23(17-9-8-11-19(15-17)28-2)25-22-13-5-4-12-20(21)22/h4-5,8-9,11-13,15-16,18H,3,6-7,10,14H2,1-2H3. The number of pyridine rings is 1. The van der Waals surface area contributed by atoms with Gasteiger partial charge in [-0.15, -0.1) is 0 Å². The first-order valence-corrected chi connectivity index (χ1v) is 10.1. The Labute approximate surface area is 166 Å². The van der Waals surface area contributed by atoms with Gasteiger partial charge in [-0.2, -0.15) is 0 Å². The summed E-state index contributed by atoms with van der Waals surface area (Å²) in [7, 11) is 1.66. The zero-order valence-corrected chi connectivity index (χ0v) is 16.5. The molecular weight excluding hydrogens is 348 g/mol. The highest BCUT2D eigenvalue weighted by atomic mass is 16.5. The zero-order valence-electron chi connectivity index (χ0n) is 16.5. The Morgan fingerprint density at radius 2 is 2.00 bits per heavy atom. The SMILES string of the molecule is CCC1CCCCN1C(=O)c1cc(-c2cccc(OC)c2)nc2ccccc12. The lowest BCUT2D eigenvalue weighted by Crippen LogP contribution is -2.43. The predicted octanol–water partition coefficient (Wildman–Crippen LogP) is 5.32. The molecule has 0 radical (unpaired) electrons. The topological polar surface area (TPSA) is 42.4 Å². The Bertz CT molecular complexity index is 999. The molecule has 4 nitrogen and oxygen atoms in total. The second kappa shape index (κ2) is 8.01. The molecule has 1 unspecified atom stereocenters. The molecule has 0 spiro atoms. The molecule has 3 aromatic rings. The highest BCUT2D eigenvalue weighted by molar-refractivity contribution is 6.07.